The average molecular weight is 251 g/mol. The minimum Gasteiger partial charge on any atom is -0.478 e. The van der Waals surface area contributed by atoms with Gasteiger partial charge in [0.2, 0.25) is 0 Å². The number of ether oxygens (including phenoxy) is 1. The van der Waals surface area contributed by atoms with Gasteiger partial charge in [0.1, 0.15) is 0 Å². The first-order valence-corrected chi connectivity index (χ1v) is 5.75. The molecule has 1 rings (SSSR count). The molecule has 0 aliphatic heterocycles. The third kappa shape index (κ3) is 4.86. The maximum atomic E-state index is 11.2. The molecule has 0 atom stereocenters. The summed E-state index contributed by atoms with van der Waals surface area (Å²) in [7, 11) is 0. The molecule has 0 aromatic heterocycles. The van der Waals surface area contributed by atoms with E-state index in [0.717, 1.165) is 5.56 Å². The maximum absolute atomic E-state index is 11.2. The monoisotopic (exact) mass is 251 g/mol. The quantitative estimate of drug-likeness (QED) is 0.839. The van der Waals surface area contributed by atoms with Crippen molar-refractivity contribution in [1.29, 1.82) is 0 Å². The summed E-state index contributed by atoms with van der Waals surface area (Å²) >= 11 is 0. The summed E-state index contributed by atoms with van der Waals surface area (Å²) in [6.45, 7) is 3.96. The Labute approximate surface area is 106 Å². The zero-order valence-electron chi connectivity index (χ0n) is 10.5. The highest BCUT2D eigenvalue weighted by Crippen LogP contribution is 2.05. The first kappa shape index (κ1) is 14.0. The zero-order valence-corrected chi connectivity index (χ0v) is 10.5. The largest absolute Gasteiger partial charge is 0.478 e. The molecule has 18 heavy (non-hydrogen) atoms. The van der Waals surface area contributed by atoms with Gasteiger partial charge in [-0.05, 0) is 38.0 Å². The summed E-state index contributed by atoms with van der Waals surface area (Å²) in [5.41, 5.74) is 1.11. The van der Waals surface area contributed by atoms with Gasteiger partial charge in [0.05, 0.1) is 11.7 Å². The molecule has 1 aromatic carbocycles. The highest BCUT2D eigenvalue weighted by atomic mass is 16.6. The second-order valence-electron chi connectivity index (χ2n) is 4.14. The van der Waals surface area contributed by atoms with E-state index in [4.69, 9.17) is 9.84 Å². The van der Waals surface area contributed by atoms with Crippen molar-refractivity contribution in [2.45, 2.75) is 26.4 Å². The molecule has 0 aliphatic rings. The molecule has 0 saturated carbocycles. The number of hydrogen-bond donors (Lipinski definition) is 2. The van der Waals surface area contributed by atoms with Crippen LogP contribution in [0.4, 0.5) is 4.79 Å². The van der Waals surface area contributed by atoms with E-state index in [1.165, 1.54) is 6.07 Å². The van der Waals surface area contributed by atoms with E-state index < -0.39 is 12.1 Å². The van der Waals surface area contributed by atoms with E-state index in [-0.39, 0.29) is 11.7 Å². The Bertz CT molecular complexity index is 429. The molecule has 1 amide bonds. The van der Waals surface area contributed by atoms with Crippen LogP contribution in [0.1, 0.15) is 29.8 Å². The number of carbonyl (C=O) groups excluding carboxylic acids is 1. The molecule has 98 valence electrons. The Kier molecular flexibility index (Phi) is 5.17. The van der Waals surface area contributed by atoms with Crippen LogP contribution in [-0.2, 0) is 11.2 Å². The number of benzene rings is 1. The number of carboxylic acid groups (broad SMARTS) is 1. The number of rotatable bonds is 5. The van der Waals surface area contributed by atoms with Gasteiger partial charge in [0.25, 0.3) is 0 Å². The number of nitrogens with one attached hydrogen (secondary N) is 1. The Morgan fingerprint density at radius 3 is 2.72 bits per heavy atom. The minimum absolute atomic E-state index is 0.152. The molecule has 0 unspecified atom stereocenters. The number of amides is 1. The van der Waals surface area contributed by atoms with Crippen LogP contribution in [0.2, 0.25) is 0 Å². The van der Waals surface area contributed by atoms with Crippen molar-refractivity contribution >= 4 is 12.1 Å². The normalized spacial score (nSPS) is 10.2. The zero-order chi connectivity index (χ0) is 13.5. The van der Waals surface area contributed by atoms with Crippen molar-refractivity contribution in [3.63, 3.8) is 0 Å². The fraction of sp³-hybridized carbons (Fsp3) is 0.385. The summed E-state index contributed by atoms with van der Waals surface area (Å²) < 4.78 is 4.91. The molecular weight excluding hydrogens is 234 g/mol. The molecule has 0 heterocycles. The lowest BCUT2D eigenvalue weighted by atomic mass is 10.1. The Balaban J connectivity index is 2.42. The van der Waals surface area contributed by atoms with Gasteiger partial charge < -0.3 is 15.2 Å². The molecule has 1 aromatic rings. The number of hydrogen-bond acceptors (Lipinski definition) is 3. The van der Waals surface area contributed by atoms with Gasteiger partial charge in [-0.25, -0.2) is 9.59 Å². The van der Waals surface area contributed by atoms with Gasteiger partial charge in [0, 0.05) is 6.54 Å². The van der Waals surface area contributed by atoms with Crippen LogP contribution < -0.4 is 5.32 Å². The van der Waals surface area contributed by atoms with E-state index in [0.29, 0.717) is 13.0 Å². The van der Waals surface area contributed by atoms with Crippen molar-refractivity contribution in [2.75, 3.05) is 6.54 Å². The van der Waals surface area contributed by atoms with Crippen LogP contribution in [0.15, 0.2) is 24.3 Å². The summed E-state index contributed by atoms with van der Waals surface area (Å²) in [5.74, 6) is -0.955. The number of alkyl carbamates (subject to hydrolysis) is 1. The summed E-state index contributed by atoms with van der Waals surface area (Å²) in [6.07, 6.45) is -0.0476. The lowest BCUT2D eigenvalue weighted by Gasteiger charge is -2.09. The van der Waals surface area contributed by atoms with Gasteiger partial charge >= 0.3 is 12.1 Å². The average Bonchev–Trinajstić information content (AvgIpc) is 2.28. The van der Waals surface area contributed by atoms with E-state index in [2.05, 4.69) is 5.32 Å². The molecule has 0 fully saturated rings. The highest BCUT2D eigenvalue weighted by molar-refractivity contribution is 5.87. The van der Waals surface area contributed by atoms with E-state index >= 15 is 0 Å². The lowest BCUT2D eigenvalue weighted by molar-refractivity contribution is 0.0696. The molecule has 5 heteroatoms. The predicted molar refractivity (Wildman–Crippen MR) is 66.7 cm³/mol. The van der Waals surface area contributed by atoms with Gasteiger partial charge in [-0.3, -0.25) is 0 Å². The molecule has 2 N–H and O–H groups in total. The number of carbonyl (C=O) groups is 2. The van der Waals surface area contributed by atoms with Crippen LogP contribution in [0.3, 0.4) is 0 Å². The molecule has 0 radical (unpaired) electrons. The van der Waals surface area contributed by atoms with Crippen molar-refractivity contribution in [1.82, 2.24) is 5.32 Å². The summed E-state index contributed by atoms with van der Waals surface area (Å²) in [6, 6.07) is 6.64. The van der Waals surface area contributed by atoms with Crippen molar-refractivity contribution in [2.24, 2.45) is 0 Å². The third-order valence-corrected chi connectivity index (χ3v) is 2.20. The fourth-order valence-electron chi connectivity index (χ4n) is 1.42. The molecule has 0 saturated heterocycles. The number of aromatic carboxylic acids is 1. The van der Waals surface area contributed by atoms with Crippen molar-refractivity contribution < 1.29 is 19.4 Å². The first-order valence-electron chi connectivity index (χ1n) is 5.75. The van der Waals surface area contributed by atoms with Crippen LogP contribution in [0.5, 0.6) is 0 Å². The maximum Gasteiger partial charge on any atom is 0.407 e. The predicted octanol–water partition coefficient (Wildman–Crippen LogP) is 2.06. The molecule has 0 bridgehead atoms. The van der Waals surface area contributed by atoms with E-state index in [9.17, 15) is 9.59 Å². The highest BCUT2D eigenvalue weighted by Gasteiger charge is 2.05. The topological polar surface area (TPSA) is 75.6 Å². The van der Waals surface area contributed by atoms with Crippen molar-refractivity contribution in [3.05, 3.63) is 35.4 Å². The minimum atomic E-state index is -0.955. The van der Waals surface area contributed by atoms with Crippen molar-refractivity contribution in [3.8, 4) is 0 Å². The third-order valence-electron chi connectivity index (χ3n) is 2.20. The molecule has 0 spiro atoms. The van der Waals surface area contributed by atoms with Crippen LogP contribution in [-0.4, -0.2) is 29.8 Å². The summed E-state index contributed by atoms with van der Waals surface area (Å²) in [5, 5.41) is 11.4. The Morgan fingerprint density at radius 2 is 2.11 bits per heavy atom. The van der Waals surface area contributed by atoms with E-state index in [1.807, 2.05) is 6.07 Å². The van der Waals surface area contributed by atoms with Gasteiger partial charge in [0.15, 0.2) is 0 Å². The van der Waals surface area contributed by atoms with Crippen LogP contribution in [0.25, 0.3) is 0 Å². The van der Waals surface area contributed by atoms with Crippen LogP contribution in [0, 0.1) is 0 Å². The Morgan fingerprint density at radius 1 is 1.39 bits per heavy atom. The molecule has 5 nitrogen and oxygen atoms in total. The summed E-state index contributed by atoms with van der Waals surface area (Å²) in [4.78, 5) is 22.0. The molecule has 0 aliphatic carbocycles. The standard InChI is InChI=1S/C13H17NO4/c1-9(2)18-13(17)14-7-6-10-4-3-5-11(8-10)12(15)16/h3-5,8-9H,6-7H2,1-2H3,(H,14,17)(H,15,16). The first-order chi connectivity index (χ1) is 8.49. The smallest absolute Gasteiger partial charge is 0.407 e. The second-order valence-corrected chi connectivity index (χ2v) is 4.14. The number of carboxylic acids is 1. The van der Waals surface area contributed by atoms with E-state index in [1.54, 1.807) is 26.0 Å². The van der Waals surface area contributed by atoms with Crippen LogP contribution >= 0.6 is 0 Å². The van der Waals surface area contributed by atoms with Gasteiger partial charge in [-0.1, -0.05) is 12.1 Å². The van der Waals surface area contributed by atoms with Gasteiger partial charge in [-0.15, -0.1) is 0 Å². The second kappa shape index (κ2) is 6.64. The van der Waals surface area contributed by atoms with Gasteiger partial charge in [-0.2, -0.15) is 0 Å². The lowest BCUT2D eigenvalue weighted by Crippen LogP contribution is -2.28. The molecular formula is C13H17NO4. The Hall–Kier alpha value is -2.04. The SMILES string of the molecule is CC(C)OC(=O)NCCc1cccc(C(=O)O)c1. The fourth-order valence-corrected chi connectivity index (χ4v) is 1.42.